The van der Waals surface area contributed by atoms with E-state index in [1.165, 1.54) is 0 Å². The molecule has 1 saturated heterocycles. The second-order valence-corrected chi connectivity index (χ2v) is 6.05. The van der Waals surface area contributed by atoms with E-state index in [2.05, 4.69) is 0 Å². The molecule has 0 spiro atoms. The average molecular weight is 351 g/mol. The van der Waals surface area contributed by atoms with Gasteiger partial charge < -0.3 is 24.6 Å². The van der Waals surface area contributed by atoms with Gasteiger partial charge in [0.25, 0.3) is 0 Å². The number of likely N-dealkylation sites (tertiary alicyclic amines) is 1. The number of carboxylic acids is 1. The SMILES string of the molecule is CCOc1ccccc1OCCCC(=O)N1CCC(O)(C(=O)O)CC1. The maximum atomic E-state index is 12.2. The lowest BCUT2D eigenvalue weighted by atomic mass is 9.91. The van der Waals surface area contributed by atoms with Crippen LogP contribution in [0.5, 0.6) is 11.5 Å². The van der Waals surface area contributed by atoms with Crippen LogP contribution in [0.3, 0.4) is 0 Å². The van der Waals surface area contributed by atoms with Crippen LogP contribution in [0.1, 0.15) is 32.6 Å². The molecule has 0 aliphatic carbocycles. The standard InChI is InChI=1S/C18H25NO6/c1-2-24-14-6-3-4-7-15(14)25-13-5-8-16(20)19-11-9-18(23,10-12-19)17(21)22/h3-4,6-7,23H,2,5,8-13H2,1H3,(H,21,22). The third kappa shape index (κ3) is 5.09. The fourth-order valence-corrected chi connectivity index (χ4v) is 2.75. The molecule has 138 valence electrons. The first kappa shape index (κ1) is 19.1. The zero-order valence-corrected chi connectivity index (χ0v) is 14.4. The van der Waals surface area contributed by atoms with E-state index in [1.54, 1.807) is 4.90 Å². The number of ether oxygens (including phenoxy) is 2. The predicted octanol–water partition coefficient (Wildman–Crippen LogP) is 1.68. The summed E-state index contributed by atoms with van der Waals surface area (Å²) in [4.78, 5) is 24.8. The molecule has 2 rings (SSSR count). The summed E-state index contributed by atoms with van der Waals surface area (Å²) < 4.78 is 11.2. The first-order valence-corrected chi connectivity index (χ1v) is 8.54. The Bertz CT molecular complexity index is 595. The highest BCUT2D eigenvalue weighted by Crippen LogP contribution is 2.27. The topological polar surface area (TPSA) is 96.3 Å². The van der Waals surface area contributed by atoms with Crippen molar-refractivity contribution < 1.29 is 29.3 Å². The molecule has 0 bridgehead atoms. The van der Waals surface area contributed by atoms with Gasteiger partial charge >= 0.3 is 5.97 Å². The molecule has 0 aromatic heterocycles. The Morgan fingerprint density at radius 3 is 2.32 bits per heavy atom. The molecule has 0 unspecified atom stereocenters. The van der Waals surface area contributed by atoms with Gasteiger partial charge in [-0.3, -0.25) is 4.79 Å². The Kier molecular flexibility index (Phi) is 6.64. The van der Waals surface area contributed by atoms with Crippen LogP contribution in [0.2, 0.25) is 0 Å². The molecule has 7 nitrogen and oxygen atoms in total. The minimum atomic E-state index is -1.71. The Morgan fingerprint density at radius 1 is 1.16 bits per heavy atom. The van der Waals surface area contributed by atoms with Gasteiger partial charge in [0.1, 0.15) is 0 Å². The van der Waals surface area contributed by atoms with E-state index in [1.807, 2.05) is 31.2 Å². The smallest absolute Gasteiger partial charge is 0.335 e. The van der Waals surface area contributed by atoms with Crippen molar-refractivity contribution >= 4 is 11.9 Å². The molecular weight excluding hydrogens is 326 g/mol. The maximum Gasteiger partial charge on any atom is 0.335 e. The maximum absolute atomic E-state index is 12.2. The highest BCUT2D eigenvalue weighted by molar-refractivity contribution is 5.79. The molecule has 0 atom stereocenters. The van der Waals surface area contributed by atoms with Gasteiger partial charge in [-0.05, 0) is 25.5 Å². The van der Waals surface area contributed by atoms with E-state index >= 15 is 0 Å². The van der Waals surface area contributed by atoms with Gasteiger partial charge in [-0.2, -0.15) is 0 Å². The zero-order chi connectivity index (χ0) is 18.3. The number of carboxylic acid groups (broad SMARTS) is 1. The number of benzene rings is 1. The molecule has 1 aliphatic heterocycles. The van der Waals surface area contributed by atoms with Crippen molar-refractivity contribution in [1.82, 2.24) is 4.90 Å². The van der Waals surface area contributed by atoms with Crippen LogP contribution in [-0.4, -0.2) is 58.9 Å². The second kappa shape index (κ2) is 8.71. The summed E-state index contributed by atoms with van der Waals surface area (Å²) in [6.07, 6.45) is 1.000. The van der Waals surface area contributed by atoms with Crippen molar-refractivity contribution in [3.05, 3.63) is 24.3 Å². The minimum Gasteiger partial charge on any atom is -0.490 e. The number of aliphatic carboxylic acids is 1. The van der Waals surface area contributed by atoms with Gasteiger partial charge in [-0.1, -0.05) is 12.1 Å². The predicted molar refractivity (Wildman–Crippen MR) is 90.7 cm³/mol. The van der Waals surface area contributed by atoms with Gasteiger partial charge in [0.2, 0.25) is 5.91 Å². The van der Waals surface area contributed by atoms with Crippen LogP contribution < -0.4 is 9.47 Å². The molecular formula is C18H25NO6. The van der Waals surface area contributed by atoms with Crippen LogP contribution in [0.15, 0.2) is 24.3 Å². The van der Waals surface area contributed by atoms with Crippen molar-refractivity contribution in [3.8, 4) is 11.5 Å². The molecule has 1 aromatic rings. The number of hydrogen-bond acceptors (Lipinski definition) is 5. The number of carbonyl (C=O) groups is 2. The zero-order valence-electron chi connectivity index (χ0n) is 14.4. The summed E-state index contributed by atoms with van der Waals surface area (Å²) in [5.41, 5.74) is -1.71. The fraction of sp³-hybridized carbons (Fsp3) is 0.556. The Morgan fingerprint density at radius 2 is 1.76 bits per heavy atom. The van der Waals surface area contributed by atoms with Gasteiger partial charge in [-0.25, -0.2) is 4.79 Å². The van der Waals surface area contributed by atoms with Gasteiger partial charge in [0, 0.05) is 32.4 Å². The number of para-hydroxylation sites is 2. The largest absolute Gasteiger partial charge is 0.490 e. The molecule has 1 fully saturated rings. The number of nitrogens with zero attached hydrogens (tertiary/aromatic N) is 1. The van der Waals surface area contributed by atoms with E-state index in [-0.39, 0.29) is 31.8 Å². The summed E-state index contributed by atoms with van der Waals surface area (Å²) >= 11 is 0. The van der Waals surface area contributed by atoms with Crippen LogP contribution in [0.25, 0.3) is 0 Å². The summed E-state index contributed by atoms with van der Waals surface area (Å²) in [5.74, 6) is 0.0664. The van der Waals surface area contributed by atoms with Crippen molar-refractivity contribution in [2.24, 2.45) is 0 Å². The number of rotatable bonds is 8. The highest BCUT2D eigenvalue weighted by Gasteiger charge is 2.40. The van der Waals surface area contributed by atoms with Crippen LogP contribution in [0.4, 0.5) is 0 Å². The molecule has 1 aliphatic rings. The van der Waals surface area contributed by atoms with E-state index in [0.717, 1.165) is 0 Å². The molecule has 1 heterocycles. The van der Waals surface area contributed by atoms with Crippen molar-refractivity contribution in [2.75, 3.05) is 26.3 Å². The minimum absolute atomic E-state index is 0.0471. The first-order chi connectivity index (χ1) is 12.0. The Balaban J connectivity index is 1.72. The third-order valence-corrected chi connectivity index (χ3v) is 4.28. The van der Waals surface area contributed by atoms with Crippen LogP contribution in [0, 0.1) is 0 Å². The van der Waals surface area contributed by atoms with E-state index < -0.39 is 11.6 Å². The molecule has 1 aromatic carbocycles. The van der Waals surface area contributed by atoms with Crippen molar-refractivity contribution in [2.45, 2.75) is 38.2 Å². The van der Waals surface area contributed by atoms with Gasteiger partial charge in [0.15, 0.2) is 17.1 Å². The number of amides is 1. The first-order valence-electron chi connectivity index (χ1n) is 8.54. The quantitative estimate of drug-likeness (QED) is 0.692. The number of aliphatic hydroxyl groups is 1. The third-order valence-electron chi connectivity index (χ3n) is 4.28. The van der Waals surface area contributed by atoms with Crippen LogP contribution in [-0.2, 0) is 9.59 Å². The van der Waals surface area contributed by atoms with Crippen molar-refractivity contribution in [1.29, 1.82) is 0 Å². The summed E-state index contributed by atoms with van der Waals surface area (Å²) in [6, 6.07) is 7.39. The summed E-state index contributed by atoms with van der Waals surface area (Å²) in [6.45, 7) is 3.37. The number of hydrogen-bond donors (Lipinski definition) is 2. The lowest BCUT2D eigenvalue weighted by Gasteiger charge is -2.35. The van der Waals surface area contributed by atoms with E-state index in [4.69, 9.17) is 14.6 Å². The van der Waals surface area contributed by atoms with E-state index in [0.29, 0.717) is 37.6 Å². The summed E-state index contributed by atoms with van der Waals surface area (Å²) in [5, 5.41) is 18.9. The Labute approximate surface area is 147 Å². The number of piperidine rings is 1. The van der Waals surface area contributed by atoms with Crippen LogP contribution >= 0.6 is 0 Å². The monoisotopic (exact) mass is 351 g/mol. The average Bonchev–Trinajstić information content (AvgIpc) is 2.60. The molecule has 7 heteroatoms. The molecule has 25 heavy (non-hydrogen) atoms. The lowest BCUT2D eigenvalue weighted by molar-refractivity contribution is -0.165. The molecule has 1 amide bonds. The fourth-order valence-electron chi connectivity index (χ4n) is 2.75. The van der Waals surface area contributed by atoms with Crippen molar-refractivity contribution in [3.63, 3.8) is 0 Å². The normalized spacial score (nSPS) is 16.3. The van der Waals surface area contributed by atoms with Gasteiger partial charge in [-0.15, -0.1) is 0 Å². The van der Waals surface area contributed by atoms with Gasteiger partial charge in [0.05, 0.1) is 13.2 Å². The lowest BCUT2D eigenvalue weighted by Crippen LogP contribution is -2.50. The Hall–Kier alpha value is -2.28. The molecule has 2 N–H and O–H groups in total. The summed E-state index contributed by atoms with van der Waals surface area (Å²) in [7, 11) is 0. The second-order valence-electron chi connectivity index (χ2n) is 6.05. The number of carbonyl (C=O) groups excluding carboxylic acids is 1. The van der Waals surface area contributed by atoms with E-state index in [9.17, 15) is 14.7 Å². The molecule has 0 saturated carbocycles. The highest BCUT2D eigenvalue weighted by atomic mass is 16.5. The molecule has 0 radical (unpaired) electrons.